The van der Waals surface area contributed by atoms with Gasteiger partial charge in [-0.3, -0.25) is 4.98 Å². The monoisotopic (exact) mass is 259 g/mol. The van der Waals surface area contributed by atoms with Crippen molar-refractivity contribution in [3.63, 3.8) is 0 Å². The second-order valence-electron chi connectivity index (χ2n) is 5.18. The molecular formula is C14H14ClN3. The number of hydrogen-bond acceptors (Lipinski definition) is 3. The fourth-order valence-electron chi connectivity index (χ4n) is 2.48. The van der Waals surface area contributed by atoms with Gasteiger partial charge in [-0.1, -0.05) is 25.4 Å². The second-order valence-corrected chi connectivity index (χ2v) is 5.57. The van der Waals surface area contributed by atoms with Crippen molar-refractivity contribution in [1.82, 2.24) is 9.97 Å². The average molecular weight is 260 g/mol. The summed E-state index contributed by atoms with van der Waals surface area (Å²) in [6.45, 7) is 5.32. The highest BCUT2D eigenvalue weighted by Gasteiger charge is 2.36. The summed E-state index contributed by atoms with van der Waals surface area (Å²) in [4.78, 5) is 10.8. The third-order valence-electron chi connectivity index (χ3n) is 3.29. The van der Waals surface area contributed by atoms with E-state index in [1.54, 1.807) is 6.20 Å². The van der Waals surface area contributed by atoms with Gasteiger partial charge in [0.1, 0.15) is 5.15 Å². The van der Waals surface area contributed by atoms with Crippen LogP contribution >= 0.6 is 11.6 Å². The first-order valence-electron chi connectivity index (χ1n) is 5.92. The SMILES string of the molecule is CC1(C)CN(c2ccnc(Cl)c2)c2cccnc21. The third kappa shape index (κ3) is 1.75. The molecule has 0 spiro atoms. The van der Waals surface area contributed by atoms with Gasteiger partial charge in [0.2, 0.25) is 0 Å². The fraction of sp³-hybridized carbons (Fsp3) is 0.286. The minimum Gasteiger partial charge on any atom is -0.339 e. The first-order chi connectivity index (χ1) is 8.58. The molecule has 3 rings (SSSR count). The molecule has 0 radical (unpaired) electrons. The zero-order valence-corrected chi connectivity index (χ0v) is 11.1. The van der Waals surface area contributed by atoms with E-state index in [-0.39, 0.29) is 5.41 Å². The molecule has 0 saturated carbocycles. The van der Waals surface area contributed by atoms with Gasteiger partial charge in [0.15, 0.2) is 0 Å². The van der Waals surface area contributed by atoms with Crippen LogP contribution in [0.1, 0.15) is 19.5 Å². The van der Waals surface area contributed by atoms with Crippen molar-refractivity contribution in [2.24, 2.45) is 0 Å². The Kier molecular flexibility index (Phi) is 2.52. The van der Waals surface area contributed by atoms with Crippen LogP contribution in [-0.4, -0.2) is 16.5 Å². The maximum atomic E-state index is 5.97. The predicted octanol–water partition coefficient (Wildman–Crippen LogP) is 3.56. The molecule has 0 unspecified atom stereocenters. The lowest BCUT2D eigenvalue weighted by Gasteiger charge is -2.22. The Labute approximate surface area is 111 Å². The van der Waals surface area contributed by atoms with Crippen LogP contribution in [0.5, 0.6) is 0 Å². The highest BCUT2D eigenvalue weighted by Crippen LogP contribution is 2.42. The largest absolute Gasteiger partial charge is 0.339 e. The predicted molar refractivity (Wildman–Crippen MR) is 73.5 cm³/mol. The van der Waals surface area contributed by atoms with Crippen molar-refractivity contribution in [3.8, 4) is 0 Å². The van der Waals surface area contributed by atoms with Gasteiger partial charge in [-0.25, -0.2) is 4.98 Å². The van der Waals surface area contributed by atoms with Crippen molar-refractivity contribution in [3.05, 3.63) is 47.5 Å². The lowest BCUT2D eigenvalue weighted by Crippen LogP contribution is -2.25. The summed E-state index contributed by atoms with van der Waals surface area (Å²) in [6, 6.07) is 7.94. The van der Waals surface area contributed by atoms with E-state index < -0.39 is 0 Å². The lowest BCUT2D eigenvalue weighted by atomic mass is 9.91. The number of fused-ring (bicyclic) bond motifs is 1. The van der Waals surface area contributed by atoms with E-state index >= 15 is 0 Å². The number of halogens is 1. The average Bonchev–Trinajstić information content (AvgIpc) is 2.63. The molecule has 2 aromatic rings. The van der Waals surface area contributed by atoms with Crippen LogP contribution < -0.4 is 4.90 Å². The van der Waals surface area contributed by atoms with Crippen LogP contribution in [0.25, 0.3) is 0 Å². The molecule has 2 aromatic heterocycles. The van der Waals surface area contributed by atoms with Crippen LogP contribution in [0, 0.1) is 0 Å². The quantitative estimate of drug-likeness (QED) is 0.734. The topological polar surface area (TPSA) is 29.0 Å². The van der Waals surface area contributed by atoms with Gasteiger partial charge in [-0.05, 0) is 24.3 Å². The smallest absolute Gasteiger partial charge is 0.131 e. The molecule has 0 N–H and O–H groups in total. The Balaban J connectivity index is 2.11. The van der Waals surface area contributed by atoms with Gasteiger partial charge in [-0.2, -0.15) is 0 Å². The number of pyridine rings is 2. The fourth-order valence-corrected chi connectivity index (χ4v) is 2.65. The molecule has 0 aromatic carbocycles. The summed E-state index contributed by atoms with van der Waals surface area (Å²) >= 11 is 5.97. The Morgan fingerprint density at radius 1 is 1.22 bits per heavy atom. The molecule has 3 heterocycles. The first kappa shape index (κ1) is 11.5. The Morgan fingerprint density at radius 3 is 2.83 bits per heavy atom. The number of nitrogens with zero attached hydrogens (tertiary/aromatic N) is 3. The van der Waals surface area contributed by atoms with Crippen molar-refractivity contribution in [1.29, 1.82) is 0 Å². The van der Waals surface area contributed by atoms with E-state index in [4.69, 9.17) is 11.6 Å². The normalized spacial score (nSPS) is 16.7. The van der Waals surface area contributed by atoms with Gasteiger partial charge in [0.05, 0.1) is 11.4 Å². The number of anilines is 2. The van der Waals surface area contributed by atoms with E-state index in [1.807, 2.05) is 24.4 Å². The van der Waals surface area contributed by atoms with Crippen molar-refractivity contribution < 1.29 is 0 Å². The van der Waals surface area contributed by atoms with Gasteiger partial charge >= 0.3 is 0 Å². The second kappa shape index (κ2) is 3.95. The van der Waals surface area contributed by atoms with Crippen LogP contribution in [0.15, 0.2) is 36.7 Å². The zero-order valence-electron chi connectivity index (χ0n) is 10.4. The van der Waals surface area contributed by atoms with Gasteiger partial charge in [-0.15, -0.1) is 0 Å². The minimum absolute atomic E-state index is 0.0480. The maximum absolute atomic E-state index is 5.97. The highest BCUT2D eigenvalue weighted by atomic mass is 35.5. The molecule has 1 aliphatic rings. The molecule has 0 atom stereocenters. The van der Waals surface area contributed by atoms with Gasteiger partial charge in [0.25, 0.3) is 0 Å². The molecule has 0 saturated heterocycles. The zero-order chi connectivity index (χ0) is 12.8. The molecule has 1 aliphatic heterocycles. The Hall–Kier alpha value is -1.61. The van der Waals surface area contributed by atoms with Crippen LogP contribution in [0.4, 0.5) is 11.4 Å². The molecular weight excluding hydrogens is 246 g/mol. The van der Waals surface area contributed by atoms with Crippen LogP contribution in [0.3, 0.4) is 0 Å². The standard InChI is InChI=1S/C14H14ClN3/c1-14(2)9-18(10-5-7-16-12(15)8-10)11-4-3-6-17-13(11)14/h3-8H,9H2,1-2H3. The van der Waals surface area contributed by atoms with E-state index in [0.29, 0.717) is 5.15 Å². The van der Waals surface area contributed by atoms with Gasteiger partial charge < -0.3 is 4.90 Å². The molecule has 0 bridgehead atoms. The van der Waals surface area contributed by atoms with E-state index in [2.05, 4.69) is 34.8 Å². The summed E-state index contributed by atoms with van der Waals surface area (Å²) in [6.07, 6.45) is 3.59. The summed E-state index contributed by atoms with van der Waals surface area (Å²) in [5.74, 6) is 0. The number of rotatable bonds is 1. The molecule has 0 fully saturated rings. The third-order valence-corrected chi connectivity index (χ3v) is 3.50. The molecule has 92 valence electrons. The first-order valence-corrected chi connectivity index (χ1v) is 6.30. The number of hydrogen-bond donors (Lipinski definition) is 0. The Morgan fingerprint density at radius 2 is 2.06 bits per heavy atom. The number of aromatic nitrogens is 2. The summed E-state index contributed by atoms with van der Waals surface area (Å²) in [5.41, 5.74) is 3.41. The summed E-state index contributed by atoms with van der Waals surface area (Å²) in [5, 5.41) is 0.516. The summed E-state index contributed by atoms with van der Waals surface area (Å²) < 4.78 is 0. The lowest BCUT2D eigenvalue weighted by molar-refractivity contribution is 0.554. The minimum atomic E-state index is 0.0480. The van der Waals surface area contributed by atoms with E-state index in [1.165, 1.54) is 0 Å². The summed E-state index contributed by atoms with van der Waals surface area (Å²) in [7, 11) is 0. The van der Waals surface area contributed by atoms with E-state index in [9.17, 15) is 0 Å². The van der Waals surface area contributed by atoms with Crippen molar-refractivity contribution >= 4 is 23.0 Å². The Bertz CT molecular complexity index is 595. The molecule has 0 aliphatic carbocycles. The van der Waals surface area contributed by atoms with Crippen LogP contribution in [-0.2, 0) is 5.41 Å². The molecule has 18 heavy (non-hydrogen) atoms. The molecule has 4 heteroatoms. The molecule has 3 nitrogen and oxygen atoms in total. The van der Waals surface area contributed by atoms with Crippen LogP contribution in [0.2, 0.25) is 5.15 Å². The van der Waals surface area contributed by atoms with Gasteiger partial charge in [0, 0.05) is 30.0 Å². The van der Waals surface area contributed by atoms with Crippen molar-refractivity contribution in [2.75, 3.05) is 11.4 Å². The maximum Gasteiger partial charge on any atom is 0.131 e. The van der Waals surface area contributed by atoms with E-state index in [0.717, 1.165) is 23.6 Å². The molecule has 0 amide bonds. The highest BCUT2D eigenvalue weighted by molar-refractivity contribution is 6.29. The van der Waals surface area contributed by atoms with Crippen molar-refractivity contribution in [2.45, 2.75) is 19.3 Å².